The minimum atomic E-state index is -5.31. The van der Waals surface area contributed by atoms with Crippen LogP contribution in [-0.4, -0.2) is 235 Å². The van der Waals surface area contributed by atoms with E-state index in [4.69, 9.17) is 14.8 Å². The molecule has 0 saturated heterocycles. The first-order valence-electron chi connectivity index (χ1n) is 16.0. The molecule has 0 atom stereocenters. The third kappa shape index (κ3) is 19.3. The number of nitrogens with two attached hydrogens (primary N) is 1. The second kappa shape index (κ2) is 25.6. The molecule has 65 heavy (non-hydrogen) atoms. The van der Waals surface area contributed by atoms with E-state index in [-0.39, 0.29) is 140 Å². The number of carbonyl (C=O) groups is 1. The van der Waals surface area contributed by atoms with E-state index in [0.717, 1.165) is 30.3 Å². The molecule has 4 aromatic carbocycles. The van der Waals surface area contributed by atoms with Crippen LogP contribution in [0.15, 0.2) is 95.8 Å². The molecule has 336 valence electrons. The van der Waals surface area contributed by atoms with Gasteiger partial charge in [-0.3, -0.25) is 23.0 Å². The van der Waals surface area contributed by atoms with E-state index in [2.05, 4.69) is 34.1 Å². The Balaban J connectivity index is 0.0000102. The van der Waals surface area contributed by atoms with Gasteiger partial charge in [0.25, 0.3) is 26.1 Å². The van der Waals surface area contributed by atoms with E-state index in [9.17, 15) is 69.5 Å². The van der Waals surface area contributed by atoms with Crippen molar-refractivity contribution in [1.82, 2.24) is 5.32 Å². The van der Waals surface area contributed by atoms with Crippen molar-refractivity contribution < 1.29 is 87.0 Å². The van der Waals surface area contributed by atoms with Gasteiger partial charge in [0.2, 0.25) is 0 Å². The van der Waals surface area contributed by atoms with Gasteiger partial charge in [0.15, 0.2) is 25.4 Å². The average Bonchev–Trinajstić information content (AvgIpc) is 3.11. The number of aromatic hydroxyl groups is 1. The average molecular weight is 1070 g/mol. The third-order valence-electron chi connectivity index (χ3n) is 7.61. The van der Waals surface area contributed by atoms with Crippen LogP contribution in [-0.2, 0) is 69.1 Å². The second-order valence-electron chi connectivity index (χ2n) is 11.9. The van der Waals surface area contributed by atoms with Gasteiger partial charge < -0.3 is 16.2 Å². The van der Waals surface area contributed by atoms with Gasteiger partial charge in [-0.1, -0.05) is 6.07 Å². The first-order valence-corrected chi connectivity index (χ1v) is 25.1. The molecule has 0 fully saturated rings. The van der Waals surface area contributed by atoms with E-state index in [1.165, 1.54) is 18.2 Å². The minimum Gasteiger partial charge on any atom is -0.505 e. The quantitative estimate of drug-likeness (QED) is 0.0291. The Hall–Kier alpha value is -1.13. The third-order valence-corrected chi connectivity index (χ3v) is 13.6. The van der Waals surface area contributed by atoms with E-state index in [1.807, 2.05) is 0 Å². The molecule has 0 bridgehead atoms. The maximum atomic E-state index is 12.7. The summed E-state index contributed by atoms with van der Waals surface area (Å²) in [5.41, 5.74) is 3.16. The molecule has 36 heteroatoms. The summed E-state index contributed by atoms with van der Waals surface area (Å²) in [5, 5.41) is 27.5. The summed E-state index contributed by atoms with van der Waals surface area (Å²) in [5.74, 6) is -4.31. The van der Waals surface area contributed by atoms with Crippen LogP contribution in [0, 0.1) is 0 Å². The summed E-state index contributed by atoms with van der Waals surface area (Å²) in [6.45, 7) is -2.25. The van der Waals surface area contributed by atoms with E-state index in [0.29, 0.717) is 12.1 Å². The fourth-order valence-electron chi connectivity index (χ4n) is 4.91. The van der Waals surface area contributed by atoms with E-state index < -0.39 is 147 Å². The number of hydrogen-bond donors (Lipinski definition) is 7. The summed E-state index contributed by atoms with van der Waals surface area (Å²) in [4.78, 5) is 10.1. The second-order valence-corrected chi connectivity index (χ2v) is 21.3. The fourth-order valence-corrected chi connectivity index (χ4v) is 9.08. The van der Waals surface area contributed by atoms with Crippen LogP contribution < -0.4 is 11.1 Å². The van der Waals surface area contributed by atoms with Crippen molar-refractivity contribution in [2.45, 2.75) is 14.7 Å². The number of rotatable bonds is 19. The number of hydrogen-bond acceptors (Lipinski definition) is 21. The molecule has 4 aromatic rings. The number of phenolic OH excluding ortho intramolecular Hbond substituents is 1. The zero-order chi connectivity index (χ0) is 45.8. The standard InChI is InChI=1S/C29H30N6O20S6.4Na/c30-25-24-18(15-22(58(42,43)44)26(25)34-32-19-4-6-21(7-5-19)57(40,41)13-10-55-61(51,52)53)16-23(59(45,46)47)27(28(24)36)35-33-20-3-1-2-17(14-20)29(37)31-8-11-56(38,39)12-9-54-60(48,49)50;;;;/h1-7,14-16,36H,8-13,30H2,(H,31,37)(H,42,43,44)(H,45,46,47)(H,48,49,50)(H,51,52,53);;;;. The van der Waals surface area contributed by atoms with E-state index in [1.54, 1.807) is 0 Å². The van der Waals surface area contributed by atoms with Gasteiger partial charge in [0.1, 0.15) is 21.2 Å². The Labute approximate surface area is 460 Å². The van der Waals surface area contributed by atoms with Gasteiger partial charge in [0.05, 0.1) is 57.8 Å². The molecule has 1 amide bonds. The van der Waals surface area contributed by atoms with Crippen molar-refractivity contribution in [3.63, 3.8) is 0 Å². The topological polar surface area (TPSA) is 429 Å². The zero-order valence-corrected chi connectivity index (χ0v) is 47.1. The number of benzene rings is 4. The molecule has 4 rings (SSSR count). The number of nitrogens with one attached hydrogen (secondary N) is 1. The van der Waals surface area contributed by atoms with Gasteiger partial charge in [0, 0.05) is 130 Å². The largest absolute Gasteiger partial charge is 0.505 e. The number of phenols is 1. The summed E-state index contributed by atoms with van der Waals surface area (Å²) in [7, 11) is -28.5. The van der Waals surface area contributed by atoms with E-state index >= 15 is 0 Å². The van der Waals surface area contributed by atoms with Crippen LogP contribution in [0.5, 0.6) is 5.75 Å². The van der Waals surface area contributed by atoms with Gasteiger partial charge in [-0.05, 0) is 60.0 Å². The first kappa shape index (κ1) is 63.9. The fraction of sp³-hybridized carbons (Fsp3) is 0.207. The molecule has 0 aliphatic rings. The number of nitrogen functional groups attached to an aromatic ring is 1. The summed E-state index contributed by atoms with van der Waals surface area (Å²) in [6.07, 6.45) is 0. The zero-order valence-electron chi connectivity index (χ0n) is 34.2. The molecular formula is C29H30N6Na4O20S6. The minimum absolute atomic E-state index is 0. The van der Waals surface area contributed by atoms with Crippen molar-refractivity contribution in [2.75, 3.05) is 42.8 Å². The maximum Gasteiger partial charge on any atom is 0.397 e. The predicted molar refractivity (Wildman–Crippen MR) is 232 cm³/mol. The van der Waals surface area contributed by atoms with Gasteiger partial charge in [-0.25, -0.2) is 25.2 Å². The number of fused-ring (bicyclic) bond motifs is 1. The normalized spacial score (nSPS) is 12.5. The first-order chi connectivity index (χ1) is 28.0. The Morgan fingerprint density at radius 3 is 1.63 bits per heavy atom. The van der Waals surface area contributed by atoms with Crippen molar-refractivity contribution in [1.29, 1.82) is 0 Å². The number of amides is 1. The molecule has 4 radical (unpaired) electrons. The monoisotopic (exact) mass is 1070 g/mol. The SMILES string of the molecule is Nc1c(N=Nc2ccc(S(=O)(=O)CCOS(=O)(=O)O)cc2)c(S(=O)(=O)O)cc2cc(S(=O)(=O)O)c(N=Nc3cccc(C(=O)NCCS(=O)(=O)CCOS(=O)(=O)O)c3)c(O)c12.[Na].[Na].[Na].[Na]. The maximum absolute atomic E-state index is 12.7. The van der Waals surface area contributed by atoms with Gasteiger partial charge in [-0.15, -0.1) is 10.2 Å². The molecule has 0 spiro atoms. The molecule has 0 aliphatic carbocycles. The smallest absolute Gasteiger partial charge is 0.397 e. The Kier molecular flexibility index (Phi) is 25.2. The Morgan fingerprint density at radius 2 is 1.11 bits per heavy atom. The Bertz CT molecular complexity index is 3150. The summed E-state index contributed by atoms with van der Waals surface area (Å²) >= 11 is 0. The number of carbonyl (C=O) groups excluding carboxylic acids is 1. The molecular weight excluding hydrogens is 1040 g/mol. The van der Waals surface area contributed by atoms with Crippen molar-refractivity contribution in [2.24, 2.45) is 20.5 Å². The number of anilines is 1. The van der Waals surface area contributed by atoms with Gasteiger partial charge >= 0.3 is 20.8 Å². The number of sulfone groups is 2. The van der Waals surface area contributed by atoms with Crippen LogP contribution in [0.4, 0.5) is 28.4 Å². The number of azo groups is 2. The van der Waals surface area contributed by atoms with Crippen LogP contribution >= 0.6 is 0 Å². The molecule has 0 aromatic heterocycles. The predicted octanol–water partition coefficient (Wildman–Crippen LogP) is 0.486. The van der Waals surface area contributed by atoms with Crippen LogP contribution in [0.25, 0.3) is 10.8 Å². The van der Waals surface area contributed by atoms with Gasteiger partial charge in [-0.2, -0.15) is 43.9 Å². The summed E-state index contributed by atoms with van der Waals surface area (Å²) < 4.78 is 187. The van der Waals surface area contributed by atoms with Crippen molar-refractivity contribution in [3.8, 4) is 5.75 Å². The molecule has 26 nitrogen and oxygen atoms in total. The Morgan fingerprint density at radius 1 is 0.615 bits per heavy atom. The molecule has 8 N–H and O–H groups in total. The van der Waals surface area contributed by atoms with Crippen molar-refractivity contribution >= 4 is 224 Å². The number of nitrogens with zero attached hydrogens (tertiary/aromatic N) is 4. The van der Waals surface area contributed by atoms with Crippen LogP contribution in [0.3, 0.4) is 0 Å². The van der Waals surface area contributed by atoms with Crippen LogP contribution in [0.1, 0.15) is 10.4 Å². The molecule has 0 saturated carbocycles. The van der Waals surface area contributed by atoms with Crippen molar-refractivity contribution in [3.05, 3.63) is 66.2 Å². The molecule has 0 unspecified atom stereocenters. The summed E-state index contributed by atoms with van der Waals surface area (Å²) in [6, 6.07) is 10.2. The molecule has 0 aliphatic heterocycles. The van der Waals surface area contributed by atoms with Crippen LogP contribution in [0.2, 0.25) is 0 Å². The molecule has 0 heterocycles.